The molecule has 0 saturated heterocycles. The maximum Gasteiger partial charge on any atom is 0.134 e. The molecule has 0 fully saturated rings. The summed E-state index contributed by atoms with van der Waals surface area (Å²) in [5.74, 6) is -1.17. The van der Waals surface area contributed by atoms with Gasteiger partial charge in [0, 0.05) is 35.8 Å². The Morgan fingerprint density at radius 2 is 1.82 bits per heavy atom. The molecule has 4 aromatic rings. The molecule has 4 rings (SSSR count). The summed E-state index contributed by atoms with van der Waals surface area (Å²) < 4.78 is 30.3. The van der Waals surface area contributed by atoms with Crippen LogP contribution in [0.1, 0.15) is 0 Å². The van der Waals surface area contributed by atoms with Crippen molar-refractivity contribution in [2.24, 2.45) is 7.05 Å². The molecule has 2 aromatic carbocycles. The molecule has 0 bridgehead atoms. The van der Waals surface area contributed by atoms with Crippen molar-refractivity contribution in [3.63, 3.8) is 0 Å². The molecule has 3 nitrogen and oxygen atoms in total. The summed E-state index contributed by atoms with van der Waals surface area (Å²) in [6.45, 7) is 0. The van der Waals surface area contributed by atoms with E-state index in [9.17, 15) is 8.78 Å². The number of benzene rings is 2. The lowest BCUT2D eigenvalue weighted by Crippen LogP contribution is -1.95. The SMILES string of the molecule is Cn1ccc2c3cncnc3cc(-c3c(F)cccc3F)c21. The molecule has 0 aliphatic carbocycles. The Morgan fingerprint density at radius 1 is 1.05 bits per heavy atom. The predicted molar refractivity (Wildman–Crippen MR) is 81.4 cm³/mol. The Kier molecular flexibility index (Phi) is 2.69. The largest absolute Gasteiger partial charge is 0.350 e. The van der Waals surface area contributed by atoms with Crippen LogP contribution in [-0.2, 0) is 7.05 Å². The fourth-order valence-corrected chi connectivity index (χ4v) is 2.89. The average Bonchev–Trinajstić information content (AvgIpc) is 2.90. The van der Waals surface area contributed by atoms with Crippen molar-refractivity contribution in [2.45, 2.75) is 0 Å². The minimum Gasteiger partial charge on any atom is -0.350 e. The van der Waals surface area contributed by atoms with Gasteiger partial charge < -0.3 is 4.57 Å². The van der Waals surface area contributed by atoms with Crippen LogP contribution in [0.5, 0.6) is 0 Å². The van der Waals surface area contributed by atoms with Crippen molar-refractivity contribution in [2.75, 3.05) is 0 Å². The molecule has 2 heterocycles. The third kappa shape index (κ3) is 1.72. The number of rotatable bonds is 1. The highest BCUT2D eigenvalue weighted by Crippen LogP contribution is 2.36. The maximum atomic E-state index is 14.2. The van der Waals surface area contributed by atoms with E-state index >= 15 is 0 Å². The van der Waals surface area contributed by atoms with E-state index in [0.717, 1.165) is 16.3 Å². The summed E-state index contributed by atoms with van der Waals surface area (Å²) in [5.41, 5.74) is 1.87. The third-order valence-electron chi connectivity index (χ3n) is 3.87. The normalized spacial score (nSPS) is 11.4. The van der Waals surface area contributed by atoms with E-state index < -0.39 is 11.6 Å². The molecule has 0 aliphatic heterocycles. The quantitative estimate of drug-likeness (QED) is 0.530. The second-order valence-electron chi connectivity index (χ2n) is 5.17. The standard InChI is InChI=1S/C17H11F2N3/c1-22-6-5-10-12-8-20-9-21-15(12)7-11(17(10)22)16-13(18)3-2-4-14(16)19/h2-9H,1H3. The summed E-state index contributed by atoms with van der Waals surface area (Å²) in [7, 11) is 1.85. The number of hydrogen-bond acceptors (Lipinski definition) is 2. The zero-order valence-corrected chi connectivity index (χ0v) is 11.7. The first-order valence-electron chi connectivity index (χ1n) is 6.79. The van der Waals surface area contributed by atoms with Crippen LogP contribution in [0.2, 0.25) is 0 Å². The van der Waals surface area contributed by atoms with Gasteiger partial charge in [0.05, 0.1) is 16.6 Å². The van der Waals surface area contributed by atoms with Gasteiger partial charge in [0.2, 0.25) is 0 Å². The summed E-state index contributed by atoms with van der Waals surface area (Å²) in [4.78, 5) is 8.26. The van der Waals surface area contributed by atoms with Crippen LogP contribution in [0.3, 0.4) is 0 Å². The van der Waals surface area contributed by atoms with E-state index in [1.54, 1.807) is 12.3 Å². The van der Waals surface area contributed by atoms with Crippen LogP contribution in [0.15, 0.2) is 49.1 Å². The van der Waals surface area contributed by atoms with Crippen molar-refractivity contribution in [3.8, 4) is 11.1 Å². The van der Waals surface area contributed by atoms with Crippen LogP contribution in [-0.4, -0.2) is 14.5 Å². The summed E-state index contributed by atoms with van der Waals surface area (Å²) in [6, 6.07) is 7.50. The van der Waals surface area contributed by atoms with Crippen LogP contribution < -0.4 is 0 Å². The first-order chi connectivity index (χ1) is 10.7. The predicted octanol–water partition coefficient (Wildman–Crippen LogP) is 4.07. The highest BCUT2D eigenvalue weighted by molar-refractivity contribution is 6.11. The van der Waals surface area contributed by atoms with Gasteiger partial charge in [-0.05, 0) is 24.3 Å². The zero-order chi connectivity index (χ0) is 15.3. The Hall–Kier alpha value is -2.82. The van der Waals surface area contributed by atoms with E-state index in [2.05, 4.69) is 9.97 Å². The fraction of sp³-hybridized carbons (Fsp3) is 0.0588. The highest BCUT2D eigenvalue weighted by atomic mass is 19.1. The first kappa shape index (κ1) is 12.9. The summed E-state index contributed by atoms with van der Waals surface area (Å²) in [6.07, 6.45) is 5.00. The summed E-state index contributed by atoms with van der Waals surface area (Å²) in [5, 5.41) is 1.73. The van der Waals surface area contributed by atoms with E-state index in [-0.39, 0.29) is 5.56 Å². The Morgan fingerprint density at radius 3 is 2.59 bits per heavy atom. The summed E-state index contributed by atoms with van der Waals surface area (Å²) >= 11 is 0. The molecule has 0 aliphatic rings. The van der Waals surface area contributed by atoms with Crippen LogP contribution in [0.4, 0.5) is 8.78 Å². The molecular weight excluding hydrogens is 284 g/mol. The number of halogens is 2. The lowest BCUT2D eigenvalue weighted by atomic mass is 9.99. The lowest BCUT2D eigenvalue weighted by molar-refractivity contribution is 0.590. The first-order valence-corrected chi connectivity index (χ1v) is 6.79. The van der Waals surface area contributed by atoms with Gasteiger partial charge in [-0.2, -0.15) is 0 Å². The topological polar surface area (TPSA) is 30.7 Å². The van der Waals surface area contributed by atoms with Crippen LogP contribution in [0, 0.1) is 11.6 Å². The second-order valence-corrected chi connectivity index (χ2v) is 5.17. The Labute approximate surface area is 124 Å². The third-order valence-corrected chi connectivity index (χ3v) is 3.87. The number of aryl methyl sites for hydroxylation is 1. The van der Waals surface area contributed by atoms with Gasteiger partial charge in [-0.3, -0.25) is 0 Å². The van der Waals surface area contributed by atoms with Gasteiger partial charge in [0.1, 0.15) is 18.0 Å². The number of aromatic nitrogens is 3. The molecule has 0 saturated carbocycles. The molecule has 0 atom stereocenters. The molecule has 0 spiro atoms. The van der Waals surface area contributed by atoms with Crippen LogP contribution in [0.25, 0.3) is 32.9 Å². The second kappa shape index (κ2) is 4.59. The van der Waals surface area contributed by atoms with Gasteiger partial charge in [0.25, 0.3) is 0 Å². The Bertz CT molecular complexity index is 1000. The van der Waals surface area contributed by atoms with Crippen molar-refractivity contribution < 1.29 is 8.78 Å². The zero-order valence-electron chi connectivity index (χ0n) is 11.7. The van der Waals surface area contributed by atoms with Gasteiger partial charge in [-0.25, -0.2) is 18.7 Å². The molecule has 5 heteroatoms. The van der Waals surface area contributed by atoms with E-state index in [4.69, 9.17) is 0 Å². The average molecular weight is 295 g/mol. The van der Waals surface area contributed by atoms with E-state index in [1.807, 2.05) is 23.9 Å². The minimum absolute atomic E-state index is 0.0326. The monoisotopic (exact) mass is 295 g/mol. The molecule has 0 amide bonds. The molecule has 2 aromatic heterocycles. The molecule has 0 radical (unpaired) electrons. The van der Waals surface area contributed by atoms with Crippen molar-refractivity contribution >= 4 is 21.8 Å². The fourth-order valence-electron chi connectivity index (χ4n) is 2.89. The minimum atomic E-state index is -0.587. The molecule has 0 N–H and O–H groups in total. The van der Waals surface area contributed by atoms with Crippen LogP contribution >= 0.6 is 0 Å². The molecule has 22 heavy (non-hydrogen) atoms. The van der Waals surface area contributed by atoms with Crippen molar-refractivity contribution in [3.05, 3.63) is 60.7 Å². The highest BCUT2D eigenvalue weighted by Gasteiger charge is 2.18. The van der Waals surface area contributed by atoms with Gasteiger partial charge in [0.15, 0.2) is 0 Å². The Balaban J connectivity index is 2.23. The van der Waals surface area contributed by atoms with Gasteiger partial charge >= 0.3 is 0 Å². The molecule has 0 unspecified atom stereocenters. The van der Waals surface area contributed by atoms with Gasteiger partial charge in [-0.1, -0.05) is 6.07 Å². The molecular formula is C17H11F2N3. The number of nitrogens with zero attached hydrogens (tertiary/aromatic N) is 3. The number of fused-ring (bicyclic) bond motifs is 3. The smallest absolute Gasteiger partial charge is 0.134 e. The molecule has 108 valence electrons. The maximum absolute atomic E-state index is 14.2. The van der Waals surface area contributed by atoms with E-state index in [1.165, 1.54) is 24.5 Å². The van der Waals surface area contributed by atoms with Crippen molar-refractivity contribution in [1.82, 2.24) is 14.5 Å². The van der Waals surface area contributed by atoms with Crippen molar-refractivity contribution in [1.29, 1.82) is 0 Å². The lowest BCUT2D eigenvalue weighted by Gasteiger charge is -2.11. The number of hydrogen-bond donors (Lipinski definition) is 0. The van der Waals surface area contributed by atoms with E-state index in [0.29, 0.717) is 11.1 Å². The van der Waals surface area contributed by atoms with Gasteiger partial charge in [-0.15, -0.1) is 0 Å².